The molecule has 0 spiro atoms. The first kappa shape index (κ1) is 15.2. The van der Waals surface area contributed by atoms with E-state index in [-0.39, 0.29) is 5.78 Å². The molecule has 0 fully saturated rings. The van der Waals surface area contributed by atoms with E-state index in [0.29, 0.717) is 11.3 Å². The van der Waals surface area contributed by atoms with Crippen LogP contribution in [-0.4, -0.2) is 25.0 Å². The van der Waals surface area contributed by atoms with E-state index in [4.69, 9.17) is 4.74 Å². The van der Waals surface area contributed by atoms with Gasteiger partial charge >= 0.3 is 0 Å². The molecule has 0 heterocycles. The molecule has 0 radical (unpaired) electrons. The number of ether oxygens (including phenoxy) is 1. The van der Waals surface area contributed by atoms with Crippen LogP contribution in [0.5, 0.6) is 5.75 Å². The topological polar surface area (TPSA) is 58.6 Å². The summed E-state index contributed by atoms with van der Waals surface area (Å²) >= 11 is 0. The van der Waals surface area contributed by atoms with Crippen LogP contribution in [-0.2, 0) is 0 Å². The van der Waals surface area contributed by atoms with Crippen LogP contribution in [0.4, 0.5) is 0 Å². The predicted octanol–water partition coefficient (Wildman–Crippen LogP) is 2.78. The summed E-state index contributed by atoms with van der Waals surface area (Å²) in [4.78, 5) is 11.5. The highest BCUT2D eigenvalue weighted by Gasteiger charge is 2.10. The Bertz CT molecular complexity index is 635. The zero-order chi connectivity index (χ0) is 15.4. The number of ketones is 1. The van der Waals surface area contributed by atoms with Gasteiger partial charge in [0.05, 0.1) is 7.11 Å². The summed E-state index contributed by atoms with van der Waals surface area (Å²) in [6.45, 7) is 1.54. The number of nitrogens with one attached hydrogen (secondary N) is 1. The zero-order valence-electron chi connectivity index (χ0n) is 12.4. The molecule has 4 heteroatoms. The van der Waals surface area contributed by atoms with Gasteiger partial charge in [0.15, 0.2) is 5.78 Å². The highest BCUT2D eigenvalue weighted by molar-refractivity contribution is 5.96. The third-order valence-corrected chi connectivity index (χ3v) is 3.42. The minimum atomic E-state index is -0.690. The molecule has 0 saturated heterocycles. The lowest BCUT2D eigenvalue weighted by Gasteiger charge is -2.13. The van der Waals surface area contributed by atoms with Crippen molar-refractivity contribution in [1.82, 2.24) is 5.32 Å². The number of Topliss-reactive ketones (excluding diaryl/α,β-unsaturated/α-hetero) is 1. The monoisotopic (exact) mass is 285 g/mol. The molecular formula is C17H19NO3. The summed E-state index contributed by atoms with van der Waals surface area (Å²) < 4.78 is 5.36. The molecule has 2 aromatic carbocycles. The number of carbonyl (C=O) groups is 1. The van der Waals surface area contributed by atoms with Crippen LogP contribution in [0.3, 0.4) is 0 Å². The minimum Gasteiger partial charge on any atom is -0.496 e. The van der Waals surface area contributed by atoms with Crippen LogP contribution < -0.4 is 10.1 Å². The maximum absolute atomic E-state index is 11.5. The van der Waals surface area contributed by atoms with E-state index in [1.54, 1.807) is 26.3 Å². The largest absolute Gasteiger partial charge is 0.496 e. The maximum atomic E-state index is 11.5. The number of methoxy groups -OCH3 is 1. The SMILES string of the molecule is CNC(O)c1ccc(-c2cc(C(C)=O)ccc2OC)cc1. The summed E-state index contributed by atoms with van der Waals surface area (Å²) in [5.41, 5.74) is 3.21. The Morgan fingerprint density at radius 2 is 1.86 bits per heavy atom. The van der Waals surface area contributed by atoms with Crippen LogP contribution in [0, 0.1) is 0 Å². The van der Waals surface area contributed by atoms with Gasteiger partial charge in [-0.1, -0.05) is 24.3 Å². The number of aliphatic hydroxyl groups excluding tert-OH is 1. The van der Waals surface area contributed by atoms with Crippen molar-refractivity contribution in [2.45, 2.75) is 13.2 Å². The molecule has 0 aliphatic heterocycles. The van der Waals surface area contributed by atoms with E-state index in [1.165, 1.54) is 6.92 Å². The second-order valence-corrected chi connectivity index (χ2v) is 4.78. The summed E-state index contributed by atoms with van der Waals surface area (Å²) in [7, 11) is 3.29. The third kappa shape index (κ3) is 3.29. The predicted molar refractivity (Wildman–Crippen MR) is 82.5 cm³/mol. The lowest BCUT2D eigenvalue weighted by atomic mass is 9.99. The molecule has 2 aromatic rings. The van der Waals surface area contributed by atoms with Gasteiger partial charge in [-0.25, -0.2) is 0 Å². The fourth-order valence-electron chi connectivity index (χ4n) is 2.16. The molecular weight excluding hydrogens is 266 g/mol. The normalized spacial score (nSPS) is 12.0. The molecule has 21 heavy (non-hydrogen) atoms. The van der Waals surface area contributed by atoms with Crippen molar-refractivity contribution in [2.24, 2.45) is 0 Å². The fraction of sp³-hybridized carbons (Fsp3) is 0.235. The Balaban J connectivity index is 2.44. The maximum Gasteiger partial charge on any atom is 0.159 e. The third-order valence-electron chi connectivity index (χ3n) is 3.42. The van der Waals surface area contributed by atoms with Gasteiger partial charge in [-0.2, -0.15) is 0 Å². The van der Waals surface area contributed by atoms with Crippen LogP contribution in [0.1, 0.15) is 29.1 Å². The van der Waals surface area contributed by atoms with Crippen molar-refractivity contribution < 1.29 is 14.6 Å². The number of hydrogen-bond donors (Lipinski definition) is 2. The number of aliphatic hydroxyl groups is 1. The Kier molecular flexibility index (Phi) is 4.73. The molecule has 0 aliphatic carbocycles. The van der Waals surface area contributed by atoms with E-state index >= 15 is 0 Å². The van der Waals surface area contributed by atoms with Gasteiger partial charge in [-0.3, -0.25) is 10.1 Å². The minimum absolute atomic E-state index is 0.0149. The van der Waals surface area contributed by atoms with Gasteiger partial charge in [-0.05, 0) is 43.3 Å². The number of benzene rings is 2. The summed E-state index contributed by atoms with van der Waals surface area (Å²) in [5, 5.41) is 12.5. The van der Waals surface area contributed by atoms with Crippen molar-refractivity contribution in [2.75, 3.05) is 14.2 Å². The van der Waals surface area contributed by atoms with E-state index in [1.807, 2.05) is 30.3 Å². The van der Waals surface area contributed by atoms with Gasteiger partial charge in [0, 0.05) is 11.1 Å². The summed E-state index contributed by atoms with van der Waals surface area (Å²) in [5.74, 6) is 0.725. The molecule has 4 nitrogen and oxygen atoms in total. The summed E-state index contributed by atoms with van der Waals surface area (Å²) in [6, 6.07) is 12.9. The Hall–Kier alpha value is -2.17. The Morgan fingerprint density at radius 3 is 2.38 bits per heavy atom. The van der Waals surface area contributed by atoms with E-state index in [9.17, 15) is 9.90 Å². The van der Waals surface area contributed by atoms with Crippen LogP contribution in [0.2, 0.25) is 0 Å². The average molecular weight is 285 g/mol. The van der Waals surface area contributed by atoms with Crippen molar-refractivity contribution in [1.29, 1.82) is 0 Å². The number of rotatable bonds is 5. The van der Waals surface area contributed by atoms with Gasteiger partial charge in [0.2, 0.25) is 0 Å². The first-order chi connectivity index (χ1) is 10.1. The standard InChI is InChI=1S/C17H19NO3/c1-11(19)14-8-9-16(21-3)15(10-14)12-4-6-13(7-5-12)17(20)18-2/h4-10,17-18,20H,1-3H3. The van der Waals surface area contributed by atoms with Crippen LogP contribution >= 0.6 is 0 Å². The number of hydrogen-bond acceptors (Lipinski definition) is 4. The first-order valence-corrected chi connectivity index (χ1v) is 6.71. The first-order valence-electron chi connectivity index (χ1n) is 6.71. The lowest BCUT2D eigenvalue weighted by Crippen LogP contribution is -2.14. The Morgan fingerprint density at radius 1 is 1.19 bits per heavy atom. The van der Waals surface area contributed by atoms with Crippen LogP contribution in [0.15, 0.2) is 42.5 Å². The Labute approximate surface area is 124 Å². The fourth-order valence-corrected chi connectivity index (χ4v) is 2.16. The smallest absolute Gasteiger partial charge is 0.159 e. The number of carbonyl (C=O) groups excluding carboxylic acids is 1. The molecule has 2 rings (SSSR count). The molecule has 1 atom stereocenters. The van der Waals surface area contributed by atoms with Gasteiger partial charge < -0.3 is 9.84 Å². The molecule has 0 aromatic heterocycles. The molecule has 0 saturated carbocycles. The molecule has 0 aliphatic rings. The van der Waals surface area contributed by atoms with Crippen molar-refractivity contribution in [3.63, 3.8) is 0 Å². The molecule has 1 unspecified atom stereocenters. The highest BCUT2D eigenvalue weighted by Crippen LogP contribution is 2.31. The zero-order valence-corrected chi connectivity index (χ0v) is 12.4. The van der Waals surface area contributed by atoms with Gasteiger partial charge in [-0.15, -0.1) is 0 Å². The lowest BCUT2D eigenvalue weighted by molar-refractivity contribution is 0.101. The summed E-state index contributed by atoms with van der Waals surface area (Å²) in [6.07, 6.45) is -0.690. The van der Waals surface area contributed by atoms with Crippen molar-refractivity contribution in [3.05, 3.63) is 53.6 Å². The van der Waals surface area contributed by atoms with Crippen molar-refractivity contribution in [3.8, 4) is 16.9 Å². The average Bonchev–Trinajstić information content (AvgIpc) is 2.53. The van der Waals surface area contributed by atoms with Gasteiger partial charge in [0.25, 0.3) is 0 Å². The highest BCUT2D eigenvalue weighted by atomic mass is 16.5. The van der Waals surface area contributed by atoms with E-state index in [2.05, 4.69) is 5.32 Å². The quantitative estimate of drug-likeness (QED) is 0.655. The molecule has 2 N–H and O–H groups in total. The van der Waals surface area contributed by atoms with Crippen molar-refractivity contribution >= 4 is 5.78 Å². The van der Waals surface area contributed by atoms with E-state index < -0.39 is 6.23 Å². The molecule has 0 amide bonds. The second-order valence-electron chi connectivity index (χ2n) is 4.78. The molecule has 0 bridgehead atoms. The van der Waals surface area contributed by atoms with Gasteiger partial charge in [0.1, 0.15) is 12.0 Å². The van der Waals surface area contributed by atoms with Crippen LogP contribution in [0.25, 0.3) is 11.1 Å². The second kappa shape index (κ2) is 6.52. The molecule has 110 valence electrons. The van der Waals surface area contributed by atoms with E-state index in [0.717, 1.165) is 16.7 Å².